The highest BCUT2D eigenvalue weighted by atomic mass is 16.7. The smallest absolute Gasteiger partial charge is 0.425 e. The number of benzene rings is 3. The highest BCUT2D eigenvalue weighted by molar-refractivity contribution is 5.64. The van der Waals surface area contributed by atoms with E-state index in [0.717, 1.165) is 22.3 Å². The molecule has 0 spiro atoms. The van der Waals surface area contributed by atoms with E-state index >= 15 is 0 Å². The molecule has 6 nitrogen and oxygen atoms in total. The Labute approximate surface area is 168 Å². The molecule has 0 bridgehead atoms. The van der Waals surface area contributed by atoms with E-state index in [9.17, 15) is 14.9 Å². The monoisotopic (exact) mass is 391 g/mol. The molecule has 1 unspecified atom stereocenters. The third-order valence-electron chi connectivity index (χ3n) is 4.69. The minimum atomic E-state index is -0.860. The number of nitro groups is 1. The van der Waals surface area contributed by atoms with E-state index in [2.05, 4.69) is 0 Å². The number of non-ortho nitro benzene ring substituents is 1. The highest BCUT2D eigenvalue weighted by Gasteiger charge is 2.21. The summed E-state index contributed by atoms with van der Waals surface area (Å²) in [6.45, 7) is 3.98. The Kier molecular flexibility index (Phi) is 6.24. The van der Waals surface area contributed by atoms with E-state index in [4.69, 9.17) is 9.47 Å². The van der Waals surface area contributed by atoms with Crippen LogP contribution < -0.4 is 4.74 Å². The second kappa shape index (κ2) is 9.01. The summed E-state index contributed by atoms with van der Waals surface area (Å²) in [4.78, 5) is 22.7. The minimum Gasteiger partial charge on any atom is -0.425 e. The van der Waals surface area contributed by atoms with E-state index in [0.29, 0.717) is 6.42 Å². The summed E-state index contributed by atoms with van der Waals surface area (Å²) in [5.74, 6) is 0.181. The maximum absolute atomic E-state index is 12.4. The summed E-state index contributed by atoms with van der Waals surface area (Å²) >= 11 is 0. The lowest BCUT2D eigenvalue weighted by Gasteiger charge is -2.20. The zero-order chi connectivity index (χ0) is 20.8. The van der Waals surface area contributed by atoms with Crippen molar-refractivity contribution < 1.29 is 19.2 Å². The first-order valence-corrected chi connectivity index (χ1v) is 9.17. The summed E-state index contributed by atoms with van der Waals surface area (Å²) in [5.41, 5.74) is 4.01. The number of carbonyl (C=O) groups excluding carboxylic acids is 1. The van der Waals surface area contributed by atoms with E-state index < -0.39 is 17.2 Å². The molecule has 0 N–H and O–H groups in total. The van der Waals surface area contributed by atoms with E-state index in [1.165, 1.54) is 24.3 Å². The Bertz CT molecular complexity index is 1010. The average Bonchev–Trinajstić information content (AvgIpc) is 2.70. The Hall–Kier alpha value is -3.67. The van der Waals surface area contributed by atoms with Crippen LogP contribution in [-0.4, -0.2) is 11.1 Å². The molecule has 6 heteroatoms. The van der Waals surface area contributed by atoms with Crippen LogP contribution in [0.2, 0.25) is 0 Å². The van der Waals surface area contributed by atoms with Gasteiger partial charge in [0.1, 0.15) is 11.9 Å². The SMILES string of the molecule is Cc1ccccc1CC(OC(=O)Oc1ccc([N+](=O)[O-])cc1)c1ccccc1C. The van der Waals surface area contributed by atoms with Crippen LogP contribution in [0.5, 0.6) is 5.75 Å². The maximum Gasteiger partial charge on any atom is 0.514 e. The molecule has 0 saturated carbocycles. The van der Waals surface area contributed by atoms with Gasteiger partial charge in [0, 0.05) is 18.6 Å². The Morgan fingerprint density at radius 3 is 2.17 bits per heavy atom. The van der Waals surface area contributed by atoms with Gasteiger partial charge in [0.15, 0.2) is 0 Å². The molecule has 1 atom stereocenters. The zero-order valence-electron chi connectivity index (χ0n) is 16.2. The van der Waals surface area contributed by atoms with Crippen molar-refractivity contribution in [3.05, 3.63) is 105 Å². The van der Waals surface area contributed by atoms with Gasteiger partial charge in [-0.15, -0.1) is 0 Å². The number of nitrogens with zero attached hydrogens (tertiary/aromatic N) is 1. The summed E-state index contributed by atoms with van der Waals surface area (Å²) in [6, 6.07) is 20.9. The van der Waals surface area contributed by atoms with Crippen LogP contribution in [0.4, 0.5) is 10.5 Å². The lowest BCUT2D eigenvalue weighted by molar-refractivity contribution is -0.384. The van der Waals surface area contributed by atoms with Crippen LogP contribution in [0.15, 0.2) is 72.8 Å². The van der Waals surface area contributed by atoms with Crippen LogP contribution in [0.1, 0.15) is 28.4 Å². The van der Waals surface area contributed by atoms with Crippen molar-refractivity contribution >= 4 is 11.8 Å². The summed E-state index contributed by atoms with van der Waals surface area (Å²) in [6.07, 6.45) is -0.879. The second-order valence-electron chi connectivity index (χ2n) is 6.70. The molecule has 0 saturated heterocycles. The maximum atomic E-state index is 12.4. The molecule has 0 aliphatic rings. The van der Waals surface area contributed by atoms with Crippen molar-refractivity contribution in [1.29, 1.82) is 0 Å². The number of nitro benzene ring substituents is 1. The number of carbonyl (C=O) groups is 1. The van der Waals surface area contributed by atoms with Gasteiger partial charge in [-0.2, -0.15) is 0 Å². The fraction of sp³-hybridized carbons (Fsp3) is 0.174. The van der Waals surface area contributed by atoms with Crippen LogP contribution in [0, 0.1) is 24.0 Å². The van der Waals surface area contributed by atoms with Gasteiger partial charge < -0.3 is 9.47 Å². The number of rotatable bonds is 6. The van der Waals surface area contributed by atoms with Gasteiger partial charge in [-0.05, 0) is 48.2 Å². The lowest BCUT2D eigenvalue weighted by atomic mass is 9.95. The first kappa shape index (κ1) is 20.1. The Morgan fingerprint density at radius 2 is 1.55 bits per heavy atom. The van der Waals surface area contributed by atoms with Crippen molar-refractivity contribution in [1.82, 2.24) is 0 Å². The molecule has 0 amide bonds. The van der Waals surface area contributed by atoms with Gasteiger partial charge in [0.25, 0.3) is 5.69 Å². The van der Waals surface area contributed by atoms with Gasteiger partial charge in [-0.1, -0.05) is 48.5 Å². The Morgan fingerprint density at radius 1 is 0.931 bits per heavy atom. The van der Waals surface area contributed by atoms with Crippen molar-refractivity contribution in [3.8, 4) is 5.75 Å². The van der Waals surface area contributed by atoms with Crippen molar-refractivity contribution in [2.24, 2.45) is 0 Å². The molecule has 0 fully saturated rings. The summed E-state index contributed by atoms with van der Waals surface area (Å²) in [5, 5.41) is 10.7. The molecule has 3 aromatic carbocycles. The first-order valence-electron chi connectivity index (χ1n) is 9.17. The van der Waals surface area contributed by atoms with Crippen LogP contribution in [0.3, 0.4) is 0 Å². The van der Waals surface area contributed by atoms with E-state index in [-0.39, 0.29) is 11.4 Å². The first-order chi connectivity index (χ1) is 13.9. The fourth-order valence-corrected chi connectivity index (χ4v) is 3.07. The Balaban J connectivity index is 1.79. The molecule has 29 heavy (non-hydrogen) atoms. The minimum absolute atomic E-state index is 0.0805. The van der Waals surface area contributed by atoms with Crippen LogP contribution in [0.25, 0.3) is 0 Å². The number of hydrogen-bond donors (Lipinski definition) is 0. The van der Waals surface area contributed by atoms with Gasteiger partial charge >= 0.3 is 6.16 Å². The third kappa shape index (κ3) is 5.19. The molecule has 0 aliphatic carbocycles. The normalized spacial score (nSPS) is 11.5. The van der Waals surface area contributed by atoms with Crippen LogP contribution >= 0.6 is 0 Å². The van der Waals surface area contributed by atoms with Crippen molar-refractivity contribution in [2.75, 3.05) is 0 Å². The molecular formula is C23H21NO5. The highest BCUT2D eigenvalue weighted by Crippen LogP contribution is 2.27. The summed E-state index contributed by atoms with van der Waals surface area (Å²) in [7, 11) is 0. The zero-order valence-corrected chi connectivity index (χ0v) is 16.2. The molecular weight excluding hydrogens is 370 g/mol. The molecule has 0 heterocycles. The summed E-state index contributed by atoms with van der Waals surface area (Å²) < 4.78 is 10.9. The topological polar surface area (TPSA) is 78.7 Å². The standard InChI is InChI=1S/C23H21NO5/c1-16-7-3-5-9-18(16)15-22(21-10-6-4-8-17(21)2)29-23(25)28-20-13-11-19(12-14-20)24(26)27/h3-14,22H,15H2,1-2H3. The van der Waals surface area contributed by atoms with E-state index in [1.54, 1.807) is 0 Å². The molecule has 3 rings (SSSR count). The van der Waals surface area contributed by atoms with E-state index in [1.807, 2.05) is 62.4 Å². The van der Waals surface area contributed by atoms with Gasteiger partial charge in [0.2, 0.25) is 0 Å². The predicted molar refractivity (Wildman–Crippen MR) is 109 cm³/mol. The predicted octanol–water partition coefficient (Wildman–Crippen LogP) is 5.71. The second-order valence-corrected chi connectivity index (χ2v) is 6.70. The quantitative estimate of drug-likeness (QED) is 0.233. The molecule has 148 valence electrons. The van der Waals surface area contributed by atoms with Gasteiger partial charge in [-0.25, -0.2) is 4.79 Å². The van der Waals surface area contributed by atoms with Crippen molar-refractivity contribution in [3.63, 3.8) is 0 Å². The van der Waals surface area contributed by atoms with Gasteiger partial charge in [0.05, 0.1) is 4.92 Å². The van der Waals surface area contributed by atoms with Gasteiger partial charge in [-0.3, -0.25) is 10.1 Å². The molecule has 3 aromatic rings. The number of aryl methyl sites for hydroxylation is 2. The average molecular weight is 391 g/mol. The number of ether oxygens (including phenoxy) is 2. The fourth-order valence-electron chi connectivity index (χ4n) is 3.07. The van der Waals surface area contributed by atoms with Crippen molar-refractivity contribution in [2.45, 2.75) is 26.4 Å². The largest absolute Gasteiger partial charge is 0.514 e. The van der Waals surface area contributed by atoms with Crippen LogP contribution in [-0.2, 0) is 11.2 Å². The third-order valence-corrected chi connectivity index (χ3v) is 4.69. The molecule has 0 radical (unpaired) electrons. The molecule has 0 aromatic heterocycles. The lowest BCUT2D eigenvalue weighted by Crippen LogP contribution is -2.18. The molecule has 0 aliphatic heterocycles. The number of hydrogen-bond acceptors (Lipinski definition) is 5.